The highest BCUT2D eigenvalue weighted by Gasteiger charge is 2.55. The van der Waals surface area contributed by atoms with Crippen molar-refractivity contribution < 1.29 is 4.42 Å². The Kier molecular flexibility index (Phi) is 5.91. The molecule has 8 fully saturated rings. The second kappa shape index (κ2) is 11.0. The van der Waals surface area contributed by atoms with E-state index in [1.54, 1.807) is 11.1 Å². The van der Waals surface area contributed by atoms with Crippen LogP contribution in [0.1, 0.15) is 113 Å². The van der Waals surface area contributed by atoms with Crippen LogP contribution in [-0.2, 0) is 16.2 Å². The van der Waals surface area contributed by atoms with Crippen molar-refractivity contribution in [3.63, 3.8) is 0 Å². The van der Waals surface area contributed by atoms with E-state index >= 15 is 0 Å². The van der Waals surface area contributed by atoms with Gasteiger partial charge in [0.05, 0.1) is 16.9 Å². The molecule has 0 unspecified atom stereocenters. The van der Waals surface area contributed by atoms with Crippen LogP contribution in [0.25, 0.3) is 82.7 Å². The van der Waals surface area contributed by atoms with Gasteiger partial charge in [-0.3, -0.25) is 0 Å². The lowest BCUT2D eigenvalue weighted by Gasteiger charge is -2.57. The number of fused-ring (bicyclic) bond motifs is 16. The third kappa shape index (κ3) is 3.95. The summed E-state index contributed by atoms with van der Waals surface area (Å²) in [6.07, 6.45) is 17.2. The largest absolute Gasteiger partial charge is 0.454 e. The molecule has 5 heterocycles. The number of hydrogen-bond donors (Lipinski definition) is 0. The van der Waals surface area contributed by atoms with E-state index in [1.807, 2.05) is 0 Å². The lowest BCUT2D eigenvalue weighted by atomic mass is 9.45. The van der Waals surface area contributed by atoms with E-state index in [0.717, 1.165) is 46.7 Å². The van der Waals surface area contributed by atoms with E-state index in [-0.39, 0.29) is 17.7 Å². The fourth-order valence-corrected chi connectivity index (χ4v) is 19.3. The van der Waals surface area contributed by atoms with Crippen LogP contribution in [0.3, 0.4) is 0 Å². The molecule has 65 heavy (non-hydrogen) atoms. The molecule has 0 saturated heterocycles. The van der Waals surface area contributed by atoms with Gasteiger partial charge in [-0.05, 0) is 199 Å². The van der Waals surface area contributed by atoms with Crippen LogP contribution in [-0.4, -0.2) is 15.9 Å². The fraction of sp³-hybridized carbons (Fsp3) is 0.377. The van der Waals surface area contributed by atoms with Crippen molar-refractivity contribution in [3.05, 3.63) is 125 Å². The van der Waals surface area contributed by atoms with Crippen LogP contribution in [0.2, 0.25) is 0 Å². The van der Waals surface area contributed by atoms with Crippen LogP contribution >= 0.6 is 0 Å². The Morgan fingerprint density at radius 1 is 0.538 bits per heavy atom. The third-order valence-corrected chi connectivity index (χ3v) is 20.7. The van der Waals surface area contributed by atoms with Crippen molar-refractivity contribution in [2.24, 2.45) is 35.5 Å². The molecule has 8 bridgehead atoms. The number of aromatic nitrogens is 2. The van der Waals surface area contributed by atoms with Gasteiger partial charge in [0.2, 0.25) is 0 Å². The van der Waals surface area contributed by atoms with Crippen molar-refractivity contribution in [2.45, 2.75) is 107 Å². The Hall–Kier alpha value is -5.48. The molecule has 11 aliphatic rings. The minimum Gasteiger partial charge on any atom is -0.454 e. The molecule has 9 aromatic rings. The maximum Gasteiger partial charge on any atom is 0.333 e. The summed E-state index contributed by atoms with van der Waals surface area (Å²) in [7, 11) is 0. The lowest BCUT2D eigenvalue weighted by Crippen LogP contribution is -2.55. The van der Waals surface area contributed by atoms with Gasteiger partial charge in [-0.25, -0.2) is 0 Å². The molecule has 9 aliphatic carbocycles. The van der Waals surface area contributed by atoms with Gasteiger partial charge < -0.3 is 13.5 Å². The Morgan fingerprint density at radius 3 is 1.92 bits per heavy atom. The van der Waals surface area contributed by atoms with Crippen LogP contribution in [0.4, 0.5) is 0 Å². The average molecular weight is 841 g/mol. The van der Waals surface area contributed by atoms with Crippen molar-refractivity contribution in [3.8, 4) is 28.1 Å². The van der Waals surface area contributed by atoms with Gasteiger partial charge >= 0.3 is 6.85 Å². The molecular formula is C61H53BN2O. The number of furan rings is 1. The summed E-state index contributed by atoms with van der Waals surface area (Å²) in [5.74, 6) is 5.46. The van der Waals surface area contributed by atoms with Crippen molar-refractivity contribution in [2.75, 3.05) is 0 Å². The van der Waals surface area contributed by atoms with Gasteiger partial charge in [-0.1, -0.05) is 80.6 Å². The number of benzene rings is 6. The summed E-state index contributed by atoms with van der Waals surface area (Å²) in [4.78, 5) is 0. The summed E-state index contributed by atoms with van der Waals surface area (Å²) in [6, 6.07) is 41.6. The molecule has 0 spiro atoms. The summed E-state index contributed by atoms with van der Waals surface area (Å²) in [5, 5.41) is 6.88. The highest BCUT2D eigenvalue weighted by molar-refractivity contribution is 6.90. The van der Waals surface area contributed by atoms with E-state index in [0.29, 0.717) is 5.41 Å². The smallest absolute Gasteiger partial charge is 0.333 e. The molecule has 6 aromatic carbocycles. The quantitative estimate of drug-likeness (QED) is 0.159. The highest BCUT2D eigenvalue weighted by atomic mass is 16.3. The molecule has 0 atom stereocenters. The van der Waals surface area contributed by atoms with Gasteiger partial charge in [0.1, 0.15) is 5.58 Å². The first-order valence-corrected chi connectivity index (χ1v) is 25.7. The van der Waals surface area contributed by atoms with Crippen molar-refractivity contribution in [1.82, 2.24) is 9.05 Å². The lowest BCUT2D eigenvalue weighted by molar-refractivity contribution is -0.00527. The molecule has 4 heteroatoms. The van der Waals surface area contributed by atoms with Crippen molar-refractivity contribution >= 4 is 72.4 Å². The molecule has 0 amide bonds. The highest BCUT2D eigenvalue weighted by Crippen LogP contribution is 2.64. The molecule has 2 aliphatic heterocycles. The summed E-state index contributed by atoms with van der Waals surface area (Å²) >= 11 is 0. The number of rotatable bonds is 2. The first kappa shape index (κ1) is 34.8. The van der Waals surface area contributed by atoms with Crippen LogP contribution < -0.4 is 10.9 Å². The maximum absolute atomic E-state index is 7.26. The van der Waals surface area contributed by atoms with Crippen molar-refractivity contribution in [1.29, 1.82) is 0 Å². The zero-order chi connectivity index (χ0) is 42.0. The molecule has 3 aromatic heterocycles. The van der Waals surface area contributed by atoms with Crippen LogP contribution in [0, 0.1) is 35.5 Å². The first-order chi connectivity index (χ1) is 31.8. The molecule has 20 rings (SSSR count). The predicted octanol–water partition coefficient (Wildman–Crippen LogP) is 13.8. The molecule has 316 valence electrons. The van der Waals surface area contributed by atoms with Crippen LogP contribution in [0.5, 0.6) is 0 Å². The Morgan fingerprint density at radius 2 is 1.18 bits per heavy atom. The normalized spacial score (nSPS) is 31.0. The Balaban J connectivity index is 1.01. The Labute approximate surface area is 380 Å². The van der Waals surface area contributed by atoms with Gasteiger partial charge in [-0.2, -0.15) is 0 Å². The zero-order valence-corrected chi connectivity index (χ0v) is 37.6. The third-order valence-electron chi connectivity index (χ3n) is 20.7. The van der Waals surface area contributed by atoms with E-state index in [4.69, 9.17) is 4.42 Å². The maximum atomic E-state index is 7.26. The topological polar surface area (TPSA) is 23.0 Å². The summed E-state index contributed by atoms with van der Waals surface area (Å²) < 4.78 is 12.8. The number of hydrogen-bond acceptors (Lipinski definition) is 1. The second-order valence-electron chi connectivity index (χ2n) is 24.5. The fourth-order valence-electron chi connectivity index (χ4n) is 19.3. The zero-order valence-electron chi connectivity index (χ0n) is 37.6. The second-order valence-corrected chi connectivity index (χ2v) is 24.5. The van der Waals surface area contributed by atoms with Gasteiger partial charge in [0.15, 0.2) is 5.58 Å². The van der Waals surface area contributed by atoms with Gasteiger partial charge in [0.25, 0.3) is 0 Å². The average Bonchev–Trinajstić information content (AvgIpc) is 4.02. The van der Waals surface area contributed by atoms with Gasteiger partial charge in [0, 0.05) is 54.5 Å². The molecule has 8 saturated carbocycles. The predicted molar refractivity (Wildman–Crippen MR) is 267 cm³/mol. The van der Waals surface area contributed by atoms with Crippen LogP contribution in [0.15, 0.2) is 108 Å². The number of para-hydroxylation sites is 2. The van der Waals surface area contributed by atoms with Gasteiger partial charge in [-0.15, -0.1) is 0 Å². The van der Waals surface area contributed by atoms with E-state index in [1.165, 1.54) is 171 Å². The number of nitrogens with zero attached hydrogens (tertiary/aromatic N) is 2. The van der Waals surface area contributed by atoms with E-state index in [9.17, 15) is 0 Å². The first-order valence-electron chi connectivity index (χ1n) is 25.7. The standard InChI is InChI=1S/C61H53BN2O/c1-59(2)48-11-5-3-9-41(48)56-52(59)42-10-7-12-49-55(42)63(56)57-53-44(25-47-40-8-4-6-13-51(40)65-58(47)57)46-24-39(61-29-35-19-36(30-61)21-37(20-35)31-61)23-45-43-22-38(14-15-50(43)64(54(45)46)62(49)53)60-26-32-16-33(27-60)18-34(17-32)28-60/h3-15,22-25,32-37H,16-21,26-31H2,1-2H3. The summed E-state index contributed by atoms with van der Waals surface area (Å²) in [6.45, 7) is 4.94. The molecule has 0 N–H and O–H groups in total. The summed E-state index contributed by atoms with van der Waals surface area (Å²) in [5.41, 5.74) is 22.7. The molecular weight excluding hydrogens is 787 g/mol. The monoisotopic (exact) mass is 840 g/mol. The minimum absolute atomic E-state index is 0.0190. The SMILES string of the molecule is CC1(C)c2ccccc2-c2c1c1cccc3c1n2-c1c2c(cc4c1oc1ccccc14)-c1cc(C45CC6CC(CC(C6)C4)C5)cc4c5cc(C67CC8CC(CC(C8)C6)C7)ccc5n(c14)B23. The van der Waals surface area contributed by atoms with E-state index < -0.39 is 0 Å². The Bertz CT molecular complexity index is 3670. The van der Waals surface area contributed by atoms with E-state index in [2.05, 4.69) is 126 Å². The minimum atomic E-state index is -0.143. The molecule has 3 nitrogen and oxygen atoms in total. The molecule has 0 radical (unpaired) electrons.